The second-order valence-electron chi connectivity index (χ2n) is 4.94. The Morgan fingerprint density at radius 3 is 2.53 bits per heavy atom. The molecule has 0 saturated heterocycles. The number of aryl methyl sites for hydroxylation is 2. The molecule has 2 atom stereocenters. The minimum Gasteiger partial charge on any atom is -0.481 e. The molecule has 0 aromatic carbocycles. The molecule has 1 aliphatic carbocycles. The summed E-state index contributed by atoms with van der Waals surface area (Å²) in [4.78, 5) is 34.3. The van der Waals surface area contributed by atoms with Gasteiger partial charge in [0, 0.05) is 19.3 Å². The van der Waals surface area contributed by atoms with Crippen LogP contribution in [0.4, 0.5) is 5.69 Å². The number of pyridine rings is 1. The fourth-order valence-corrected chi connectivity index (χ4v) is 2.19. The molecule has 0 aliphatic heterocycles. The van der Waals surface area contributed by atoms with Gasteiger partial charge in [0.2, 0.25) is 5.91 Å². The van der Waals surface area contributed by atoms with Gasteiger partial charge in [-0.1, -0.05) is 0 Å². The van der Waals surface area contributed by atoms with Gasteiger partial charge in [0.25, 0.3) is 5.56 Å². The van der Waals surface area contributed by atoms with Gasteiger partial charge in [-0.2, -0.15) is 0 Å². The number of hydrogen-bond acceptors (Lipinski definition) is 3. The van der Waals surface area contributed by atoms with Crippen LogP contribution in [0.15, 0.2) is 17.1 Å². The minimum absolute atomic E-state index is 0.150. The Hall–Kier alpha value is -2.11. The summed E-state index contributed by atoms with van der Waals surface area (Å²) in [5.41, 5.74) is 1.06. The van der Waals surface area contributed by atoms with E-state index >= 15 is 0 Å². The molecule has 2 N–H and O–H groups in total. The van der Waals surface area contributed by atoms with E-state index in [-0.39, 0.29) is 11.5 Å². The number of anilines is 1. The van der Waals surface area contributed by atoms with Crippen LogP contribution in [-0.2, 0) is 16.6 Å². The number of hydrogen-bond donors (Lipinski definition) is 2. The van der Waals surface area contributed by atoms with Crippen LogP contribution in [-0.4, -0.2) is 21.6 Å². The van der Waals surface area contributed by atoms with E-state index in [1.807, 2.05) is 0 Å². The monoisotopic (exact) mass is 264 g/mol. The van der Waals surface area contributed by atoms with Gasteiger partial charge in [0.1, 0.15) is 0 Å². The van der Waals surface area contributed by atoms with E-state index in [0.29, 0.717) is 24.1 Å². The molecule has 1 aromatic rings. The van der Waals surface area contributed by atoms with Gasteiger partial charge in [0.15, 0.2) is 0 Å². The Kier molecular flexibility index (Phi) is 3.42. The minimum atomic E-state index is -0.927. The summed E-state index contributed by atoms with van der Waals surface area (Å²) in [6.07, 6.45) is 2.68. The molecular formula is C13H16N2O4. The van der Waals surface area contributed by atoms with Crippen molar-refractivity contribution in [3.05, 3.63) is 28.2 Å². The van der Waals surface area contributed by atoms with Gasteiger partial charge in [-0.3, -0.25) is 14.4 Å². The van der Waals surface area contributed by atoms with Crippen molar-refractivity contribution < 1.29 is 14.7 Å². The highest BCUT2D eigenvalue weighted by Gasteiger charge is 2.41. The maximum atomic E-state index is 12.0. The molecule has 6 nitrogen and oxygen atoms in total. The molecular weight excluding hydrogens is 248 g/mol. The number of aliphatic carboxylic acids is 1. The van der Waals surface area contributed by atoms with E-state index in [4.69, 9.17) is 5.11 Å². The van der Waals surface area contributed by atoms with Crippen molar-refractivity contribution in [2.45, 2.75) is 19.8 Å². The topological polar surface area (TPSA) is 88.4 Å². The molecule has 0 spiro atoms. The van der Waals surface area contributed by atoms with Gasteiger partial charge >= 0.3 is 5.97 Å². The molecule has 2 unspecified atom stereocenters. The van der Waals surface area contributed by atoms with Crippen molar-refractivity contribution in [3.63, 3.8) is 0 Å². The highest BCUT2D eigenvalue weighted by molar-refractivity contribution is 5.96. The van der Waals surface area contributed by atoms with Crippen LogP contribution in [0.3, 0.4) is 0 Å². The molecule has 1 saturated carbocycles. The Morgan fingerprint density at radius 1 is 1.37 bits per heavy atom. The van der Waals surface area contributed by atoms with Crippen LogP contribution in [0.1, 0.15) is 18.4 Å². The summed E-state index contributed by atoms with van der Waals surface area (Å²) in [6, 6.07) is 1.44. The lowest BCUT2D eigenvalue weighted by Gasteiger charge is -2.32. The van der Waals surface area contributed by atoms with Crippen LogP contribution in [0, 0.1) is 18.8 Å². The first kappa shape index (κ1) is 13.3. The van der Waals surface area contributed by atoms with E-state index in [9.17, 15) is 14.4 Å². The zero-order valence-electron chi connectivity index (χ0n) is 10.8. The maximum absolute atomic E-state index is 12.0. The molecule has 1 aromatic heterocycles. The van der Waals surface area contributed by atoms with Crippen molar-refractivity contribution >= 4 is 17.6 Å². The summed E-state index contributed by atoms with van der Waals surface area (Å²) < 4.78 is 1.37. The van der Waals surface area contributed by atoms with Gasteiger partial charge in [-0.05, 0) is 25.3 Å². The lowest BCUT2D eigenvalue weighted by molar-refractivity contribution is -0.151. The van der Waals surface area contributed by atoms with E-state index in [0.717, 1.165) is 0 Å². The zero-order chi connectivity index (χ0) is 14.2. The maximum Gasteiger partial charge on any atom is 0.307 e. The van der Waals surface area contributed by atoms with Gasteiger partial charge in [-0.15, -0.1) is 0 Å². The lowest BCUT2D eigenvalue weighted by atomic mass is 9.73. The number of nitrogens with zero attached hydrogens (tertiary/aromatic N) is 1. The van der Waals surface area contributed by atoms with E-state index < -0.39 is 17.8 Å². The fraction of sp³-hybridized carbons (Fsp3) is 0.462. The highest BCUT2D eigenvalue weighted by Crippen LogP contribution is 2.35. The number of carbonyl (C=O) groups excluding carboxylic acids is 1. The molecule has 0 radical (unpaired) electrons. The molecule has 2 rings (SSSR count). The summed E-state index contributed by atoms with van der Waals surface area (Å²) in [6.45, 7) is 1.73. The van der Waals surface area contributed by atoms with Crippen molar-refractivity contribution in [1.82, 2.24) is 4.57 Å². The fourth-order valence-electron chi connectivity index (χ4n) is 2.19. The third kappa shape index (κ3) is 2.52. The number of amides is 1. The summed E-state index contributed by atoms with van der Waals surface area (Å²) in [5, 5.41) is 11.6. The Balaban J connectivity index is 2.14. The average Bonchev–Trinajstić information content (AvgIpc) is 2.23. The van der Waals surface area contributed by atoms with Crippen LogP contribution in [0.5, 0.6) is 0 Å². The first-order valence-electron chi connectivity index (χ1n) is 6.11. The van der Waals surface area contributed by atoms with E-state index in [1.54, 1.807) is 20.2 Å². The van der Waals surface area contributed by atoms with Crippen molar-refractivity contribution in [2.75, 3.05) is 5.32 Å². The predicted molar refractivity (Wildman–Crippen MR) is 68.9 cm³/mol. The predicted octanol–water partition coefficient (Wildman–Crippen LogP) is 0.743. The largest absolute Gasteiger partial charge is 0.481 e. The molecule has 1 fully saturated rings. The third-order valence-corrected chi connectivity index (χ3v) is 3.62. The highest BCUT2D eigenvalue weighted by atomic mass is 16.4. The molecule has 6 heteroatoms. The smallest absolute Gasteiger partial charge is 0.307 e. The van der Waals surface area contributed by atoms with Gasteiger partial charge < -0.3 is 15.0 Å². The van der Waals surface area contributed by atoms with Crippen LogP contribution in [0.2, 0.25) is 0 Å². The number of carboxylic acid groups (broad SMARTS) is 1. The lowest BCUT2D eigenvalue weighted by Crippen LogP contribution is -2.41. The Bertz CT molecular complexity index is 591. The van der Waals surface area contributed by atoms with Gasteiger partial charge in [-0.25, -0.2) is 0 Å². The molecule has 1 aliphatic rings. The summed E-state index contributed by atoms with van der Waals surface area (Å²) in [7, 11) is 1.60. The zero-order valence-corrected chi connectivity index (χ0v) is 10.8. The third-order valence-electron chi connectivity index (χ3n) is 3.62. The number of carboxylic acids is 1. The molecule has 1 heterocycles. The number of rotatable bonds is 3. The molecule has 0 bridgehead atoms. The van der Waals surface area contributed by atoms with Crippen molar-refractivity contribution in [3.8, 4) is 0 Å². The average molecular weight is 264 g/mol. The normalized spacial score (nSPS) is 21.6. The molecule has 1 amide bonds. The molecule has 19 heavy (non-hydrogen) atoms. The van der Waals surface area contributed by atoms with Crippen molar-refractivity contribution in [1.29, 1.82) is 0 Å². The summed E-state index contributed by atoms with van der Waals surface area (Å²) in [5.74, 6) is -2.29. The van der Waals surface area contributed by atoms with Crippen LogP contribution in [0.25, 0.3) is 0 Å². The standard InChI is InChI=1S/C13H16N2O4/c1-7-5-11(16)15(2)6-10(7)14-12(17)8-3-4-9(8)13(18)19/h5-6,8-9H,3-4H2,1-2H3,(H,14,17)(H,18,19). The number of carbonyl (C=O) groups is 2. The van der Waals surface area contributed by atoms with E-state index in [2.05, 4.69) is 5.32 Å². The second-order valence-corrected chi connectivity index (χ2v) is 4.94. The summed E-state index contributed by atoms with van der Waals surface area (Å²) >= 11 is 0. The molecule has 102 valence electrons. The Labute approximate surface area is 110 Å². The number of aromatic nitrogens is 1. The number of nitrogens with one attached hydrogen (secondary N) is 1. The quantitative estimate of drug-likeness (QED) is 0.843. The first-order chi connectivity index (χ1) is 8.90. The second kappa shape index (κ2) is 4.87. The Morgan fingerprint density at radius 2 is 2.00 bits per heavy atom. The SMILES string of the molecule is Cc1cc(=O)n(C)cc1NC(=O)C1CCC1C(=O)O. The van der Waals surface area contributed by atoms with Crippen LogP contribution >= 0.6 is 0 Å². The van der Waals surface area contributed by atoms with Crippen LogP contribution < -0.4 is 10.9 Å². The van der Waals surface area contributed by atoms with Crippen molar-refractivity contribution in [2.24, 2.45) is 18.9 Å². The van der Waals surface area contributed by atoms with E-state index in [1.165, 1.54) is 10.6 Å². The van der Waals surface area contributed by atoms with Gasteiger partial charge in [0.05, 0.1) is 17.5 Å². The first-order valence-corrected chi connectivity index (χ1v) is 6.11.